The second kappa shape index (κ2) is 4.90. The fourth-order valence-corrected chi connectivity index (χ4v) is 1.93. The molecule has 0 unspecified atom stereocenters. The smallest absolute Gasteiger partial charge is 0.254 e. The van der Waals surface area contributed by atoms with E-state index in [0.717, 1.165) is 0 Å². The molecule has 1 aromatic rings. The molecule has 0 radical (unpaired) electrons. The molecular weight excluding hydrogens is 270 g/mol. The summed E-state index contributed by atoms with van der Waals surface area (Å²) in [5.74, 6) is 0.688. The first-order chi connectivity index (χ1) is 8.86. The number of benzene rings is 1. The number of rotatable bonds is 3. The fraction of sp³-hybridized carbons (Fsp3) is 0.462. The Kier molecular flexibility index (Phi) is 3.60. The third-order valence-electron chi connectivity index (χ3n) is 3.27. The Bertz CT molecular complexity index is 516. The minimum absolute atomic E-state index is 0.102. The van der Waals surface area contributed by atoms with Crippen LogP contribution in [0.1, 0.15) is 24.2 Å². The molecule has 1 N–H and O–H groups in total. The van der Waals surface area contributed by atoms with Crippen molar-refractivity contribution < 1.29 is 19.4 Å². The molecule has 1 aromatic carbocycles. The van der Waals surface area contributed by atoms with E-state index in [1.165, 1.54) is 4.90 Å². The maximum atomic E-state index is 12.4. The Morgan fingerprint density at radius 1 is 1.47 bits per heavy atom. The number of aliphatic hydroxyl groups excluding tert-OH is 1. The van der Waals surface area contributed by atoms with Gasteiger partial charge in [-0.05, 0) is 26.0 Å². The number of hydrogen-bond acceptors (Lipinski definition) is 4. The molecule has 6 heteroatoms. The van der Waals surface area contributed by atoms with Crippen molar-refractivity contribution in [2.24, 2.45) is 0 Å². The fourth-order valence-electron chi connectivity index (χ4n) is 1.67. The van der Waals surface area contributed by atoms with Crippen molar-refractivity contribution in [3.05, 3.63) is 22.7 Å². The molecule has 2 rings (SSSR count). The summed E-state index contributed by atoms with van der Waals surface area (Å²) in [5, 5.41) is 9.65. The third kappa shape index (κ3) is 2.48. The Hall–Kier alpha value is -1.46. The molecule has 0 fully saturated rings. The average molecular weight is 286 g/mol. The highest BCUT2D eigenvalue weighted by molar-refractivity contribution is 6.32. The molecule has 104 valence electrons. The van der Waals surface area contributed by atoms with Gasteiger partial charge in [-0.1, -0.05) is 11.6 Å². The van der Waals surface area contributed by atoms with E-state index >= 15 is 0 Å². The predicted octanol–water partition coefficient (Wildman–Crippen LogP) is 1.91. The molecule has 0 saturated heterocycles. The lowest BCUT2D eigenvalue weighted by Crippen LogP contribution is -2.47. The Morgan fingerprint density at radius 2 is 2.16 bits per heavy atom. The molecule has 19 heavy (non-hydrogen) atoms. The van der Waals surface area contributed by atoms with Crippen LogP contribution in [0.15, 0.2) is 12.1 Å². The predicted molar refractivity (Wildman–Crippen MR) is 70.8 cm³/mol. The van der Waals surface area contributed by atoms with Crippen molar-refractivity contribution in [1.29, 1.82) is 0 Å². The van der Waals surface area contributed by atoms with Gasteiger partial charge in [-0.25, -0.2) is 0 Å². The number of amides is 1. The number of aliphatic hydroxyl groups is 1. The Morgan fingerprint density at radius 3 is 2.79 bits per heavy atom. The van der Waals surface area contributed by atoms with E-state index in [1.807, 2.05) is 0 Å². The molecule has 0 aromatic heterocycles. The largest absolute Gasteiger partial charge is 0.454 e. The van der Waals surface area contributed by atoms with Crippen molar-refractivity contribution in [2.45, 2.75) is 19.4 Å². The van der Waals surface area contributed by atoms with Crippen molar-refractivity contribution >= 4 is 17.5 Å². The number of carbonyl (C=O) groups excluding carboxylic acids is 1. The molecule has 0 bridgehead atoms. The van der Waals surface area contributed by atoms with Gasteiger partial charge in [-0.3, -0.25) is 4.79 Å². The monoisotopic (exact) mass is 285 g/mol. The maximum Gasteiger partial charge on any atom is 0.254 e. The van der Waals surface area contributed by atoms with E-state index in [-0.39, 0.29) is 19.3 Å². The highest BCUT2D eigenvalue weighted by Gasteiger charge is 2.29. The van der Waals surface area contributed by atoms with Crippen LogP contribution < -0.4 is 9.47 Å². The highest BCUT2D eigenvalue weighted by atomic mass is 35.5. The summed E-state index contributed by atoms with van der Waals surface area (Å²) < 4.78 is 10.4. The molecule has 0 spiro atoms. The Balaban J connectivity index is 2.33. The number of hydrogen-bond donors (Lipinski definition) is 1. The van der Waals surface area contributed by atoms with Gasteiger partial charge in [-0.2, -0.15) is 0 Å². The number of fused-ring (bicyclic) bond motifs is 1. The molecule has 1 amide bonds. The summed E-state index contributed by atoms with van der Waals surface area (Å²) >= 11 is 6.05. The lowest BCUT2D eigenvalue weighted by atomic mass is 10.0. The van der Waals surface area contributed by atoms with Gasteiger partial charge in [0.2, 0.25) is 6.79 Å². The van der Waals surface area contributed by atoms with Crippen LogP contribution >= 0.6 is 11.6 Å². The zero-order chi connectivity index (χ0) is 14.2. The molecule has 5 nitrogen and oxygen atoms in total. The van der Waals surface area contributed by atoms with Crippen LogP contribution in [0, 0.1) is 0 Å². The summed E-state index contributed by atoms with van der Waals surface area (Å²) in [7, 11) is 1.64. The van der Waals surface area contributed by atoms with Crippen LogP contribution in [0.4, 0.5) is 0 Å². The summed E-state index contributed by atoms with van der Waals surface area (Å²) in [6.07, 6.45) is 0. The summed E-state index contributed by atoms with van der Waals surface area (Å²) in [4.78, 5) is 13.8. The minimum atomic E-state index is -0.653. The van der Waals surface area contributed by atoms with E-state index in [1.54, 1.807) is 33.0 Å². The van der Waals surface area contributed by atoms with E-state index in [9.17, 15) is 9.90 Å². The number of carbonyl (C=O) groups is 1. The van der Waals surface area contributed by atoms with E-state index in [0.29, 0.717) is 22.1 Å². The number of likely N-dealkylation sites (N-methyl/N-ethyl adjacent to an activating group) is 1. The van der Waals surface area contributed by atoms with Gasteiger partial charge >= 0.3 is 0 Å². The first-order valence-corrected chi connectivity index (χ1v) is 6.23. The number of halogens is 1. The quantitative estimate of drug-likeness (QED) is 0.922. The maximum absolute atomic E-state index is 12.4. The number of nitrogens with zero attached hydrogens (tertiary/aromatic N) is 1. The van der Waals surface area contributed by atoms with Crippen molar-refractivity contribution in [3.63, 3.8) is 0 Å². The van der Waals surface area contributed by atoms with Crippen LogP contribution in [-0.2, 0) is 0 Å². The highest BCUT2D eigenvalue weighted by Crippen LogP contribution is 2.40. The zero-order valence-electron chi connectivity index (χ0n) is 11.1. The van der Waals surface area contributed by atoms with Crippen molar-refractivity contribution in [2.75, 3.05) is 20.4 Å². The molecule has 1 aliphatic heterocycles. The normalized spacial score (nSPS) is 13.5. The van der Waals surface area contributed by atoms with Crippen LogP contribution in [0.2, 0.25) is 5.02 Å². The summed E-state index contributed by atoms with van der Waals surface area (Å²) in [5.41, 5.74) is -0.252. The third-order valence-corrected chi connectivity index (χ3v) is 3.55. The van der Waals surface area contributed by atoms with Crippen LogP contribution in [0.3, 0.4) is 0 Å². The average Bonchev–Trinajstić information content (AvgIpc) is 2.85. The topological polar surface area (TPSA) is 59.0 Å². The van der Waals surface area contributed by atoms with Gasteiger partial charge in [0.25, 0.3) is 5.91 Å². The molecule has 1 aliphatic rings. The molecule has 0 saturated carbocycles. The van der Waals surface area contributed by atoms with Crippen molar-refractivity contribution in [3.8, 4) is 11.5 Å². The van der Waals surface area contributed by atoms with Gasteiger partial charge in [0.15, 0.2) is 11.5 Å². The molecule has 0 atom stereocenters. The lowest BCUT2D eigenvalue weighted by Gasteiger charge is -2.34. The van der Waals surface area contributed by atoms with Crippen LogP contribution in [0.5, 0.6) is 11.5 Å². The van der Waals surface area contributed by atoms with Crippen molar-refractivity contribution in [1.82, 2.24) is 4.90 Å². The SMILES string of the molecule is CN(C(=O)c1cc(Cl)c2c(c1)OCO2)C(C)(C)CO. The van der Waals surface area contributed by atoms with E-state index < -0.39 is 5.54 Å². The zero-order valence-corrected chi connectivity index (χ0v) is 11.8. The van der Waals surface area contributed by atoms with Gasteiger partial charge in [0.1, 0.15) is 0 Å². The van der Waals surface area contributed by atoms with Gasteiger partial charge in [-0.15, -0.1) is 0 Å². The first kappa shape index (κ1) is 14.0. The second-order valence-corrected chi connectivity index (χ2v) is 5.43. The summed E-state index contributed by atoms with van der Waals surface area (Å²) in [6, 6.07) is 3.14. The standard InChI is InChI=1S/C13H16ClNO4/c1-13(2,6-16)15(3)12(17)8-4-9(14)11-10(5-8)18-7-19-11/h4-5,16H,6-7H2,1-3H3. The van der Waals surface area contributed by atoms with Gasteiger partial charge in [0, 0.05) is 12.6 Å². The van der Waals surface area contributed by atoms with Crippen LogP contribution in [0.25, 0.3) is 0 Å². The first-order valence-electron chi connectivity index (χ1n) is 5.85. The van der Waals surface area contributed by atoms with Gasteiger partial charge < -0.3 is 19.5 Å². The lowest BCUT2D eigenvalue weighted by molar-refractivity contribution is 0.0473. The van der Waals surface area contributed by atoms with E-state index in [4.69, 9.17) is 21.1 Å². The Labute approximate surface area is 116 Å². The molecule has 0 aliphatic carbocycles. The second-order valence-electron chi connectivity index (χ2n) is 5.03. The molecule has 1 heterocycles. The van der Waals surface area contributed by atoms with E-state index in [2.05, 4.69) is 0 Å². The number of ether oxygens (including phenoxy) is 2. The summed E-state index contributed by atoms with van der Waals surface area (Å²) in [6.45, 7) is 3.52. The molecular formula is C13H16ClNO4. The van der Waals surface area contributed by atoms with Gasteiger partial charge in [0.05, 0.1) is 17.2 Å². The van der Waals surface area contributed by atoms with Crippen LogP contribution in [-0.4, -0.2) is 41.9 Å². The minimum Gasteiger partial charge on any atom is -0.454 e.